The summed E-state index contributed by atoms with van der Waals surface area (Å²) < 4.78 is 20.1. The zero-order valence-corrected chi connectivity index (χ0v) is 15.2. The quantitative estimate of drug-likeness (QED) is 0.846. The first-order valence-electron chi connectivity index (χ1n) is 9.21. The molecule has 1 atom stereocenters. The Balaban J connectivity index is 1.52. The summed E-state index contributed by atoms with van der Waals surface area (Å²) in [5, 5.41) is 0. The molecule has 2 fully saturated rings. The van der Waals surface area contributed by atoms with Gasteiger partial charge in [0.1, 0.15) is 5.82 Å². The second kappa shape index (κ2) is 7.46. The lowest BCUT2D eigenvalue weighted by Crippen LogP contribution is -2.60. The van der Waals surface area contributed by atoms with Crippen molar-refractivity contribution < 1.29 is 9.13 Å². The molecule has 1 spiro atoms. The molecule has 4 nitrogen and oxygen atoms in total. The fourth-order valence-corrected chi connectivity index (χ4v) is 3.99. The lowest BCUT2D eigenvalue weighted by molar-refractivity contribution is -0.174. The highest BCUT2D eigenvalue weighted by molar-refractivity contribution is 5.07. The normalized spacial score (nSPS) is 25.5. The molecule has 0 aromatic carbocycles. The zero-order valence-electron chi connectivity index (χ0n) is 15.2. The van der Waals surface area contributed by atoms with Gasteiger partial charge >= 0.3 is 0 Å². The highest BCUT2D eigenvalue weighted by Gasteiger charge is 2.42. The number of ether oxygens (including phenoxy) is 1. The van der Waals surface area contributed by atoms with Gasteiger partial charge in [-0.2, -0.15) is 0 Å². The molecule has 5 heteroatoms. The van der Waals surface area contributed by atoms with Crippen molar-refractivity contribution in [3.8, 4) is 0 Å². The van der Waals surface area contributed by atoms with Crippen LogP contribution >= 0.6 is 0 Å². The van der Waals surface area contributed by atoms with E-state index in [0.717, 1.165) is 45.6 Å². The van der Waals surface area contributed by atoms with Gasteiger partial charge in [-0.1, -0.05) is 0 Å². The molecular formula is C19H30FN3O. The molecule has 0 amide bonds. The first-order valence-corrected chi connectivity index (χ1v) is 9.21. The molecule has 2 aliphatic rings. The average molecular weight is 335 g/mol. The van der Waals surface area contributed by atoms with Crippen LogP contribution < -0.4 is 0 Å². The number of likely N-dealkylation sites (tertiary alicyclic amines) is 1. The molecule has 24 heavy (non-hydrogen) atoms. The third-order valence-electron chi connectivity index (χ3n) is 5.43. The monoisotopic (exact) mass is 335 g/mol. The lowest BCUT2D eigenvalue weighted by atomic mass is 9.88. The van der Waals surface area contributed by atoms with Crippen molar-refractivity contribution in [3.63, 3.8) is 0 Å². The molecule has 2 saturated heterocycles. The SMILES string of the molecule is CC1CN(C(C)C)CC2(CCN(CCc3ncccc3F)CC2)O1. The van der Waals surface area contributed by atoms with Gasteiger partial charge in [-0.3, -0.25) is 9.88 Å². The van der Waals surface area contributed by atoms with Crippen molar-refractivity contribution in [2.24, 2.45) is 0 Å². The van der Waals surface area contributed by atoms with Gasteiger partial charge in [-0.05, 0) is 45.7 Å². The summed E-state index contributed by atoms with van der Waals surface area (Å²) in [6.45, 7) is 11.7. The van der Waals surface area contributed by atoms with E-state index in [-0.39, 0.29) is 11.4 Å². The zero-order chi connectivity index (χ0) is 17.2. The molecule has 0 saturated carbocycles. The Morgan fingerprint density at radius 2 is 2.12 bits per heavy atom. The molecule has 134 valence electrons. The van der Waals surface area contributed by atoms with Crippen LogP contribution in [0.2, 0.25) is 0 Å². The molecule has 3 heterocycles. The summed E-state index contributed by atoms with van der Waals surface area (Å²) >= 11 is 0. The van der Waals surface area contributed by atoms with Crippen LogP contribution in [0, 0.1) is 5.82 Å². The smallest absolute Gasteiger partial charge is 0.144 e. The number of halogens is 1. The van der Waals surface area contributed by atoms with Crippen molar-refractivity contribution in [2.75, 3.05) is 32.7 Å². The van der Waals surface area contributed by atoms with Crippen molar-refractivity contribution in [3.05, 3.63) is 29.8 Å². The summed E-state index contributed by atoms with van der Waals surface area (Å²) in [6.07, 6.45) is 4.77. The van der Waals surface area contributed by atoms with Gasteiger partial charge in [0, 0.05) is 51.4 Å². The number of rotatable bonds is 4. The highest BCUT2D eigenvalue weighted by atomic mass is 19.1. The van der Waals surface area contributed by atoms with Gasteiger partial charge in [0.05, 0.1) is 17.4 Å². The number of nitrogens with zero attached hydrogens (tertiary/aromatic N) is 3. The van der Waals surface area contributed by atoms with Gasteiger partial charge in [0.2, 0.25) is 0 Å². The van der Waals surface area contributed by atoms with E-state index in [1.54, 1.807) is 12.3 Å². The van der Waals surface area contributed by atoms with Crippen molar-refractivity contribution in [1.82, 2.24) is 14.8 Å². The Bertz CT molecular complexity index is 543. The van der Waals surface area contributed by atoms with Crippen LogP contribution in [0.5, 0.6) is 0 Å². The molecule has 2 aliphatic heterocycles. The maximum absolute atomic E-state index is 13.7. The van der Waals surface area contributed by atoms with Crippen molar-refractivity contribution >= 4 is 0 Å². The molecule has 0 N–H and O–H groups in total. The van der Waals surface area contributed by atoms with E-state index < -0.39 is 0 Å². The third-order valence-corrected chi connectivity index (χ3v) is 5.43. The third kappa shape index (κ3) is 4.13. The summed E-state index contributed by atoms with van der Waals surface area (Å²) in [5.74, 6) is -0.192. The van der Waals surface area contributed by atoms with E-state index in [1.165, 1.54) is 6.07 Å². The number of piperidine rings is 1. The van der Waals surface area contributed by atoms with Crippen LogP contribution in [-0.4, -0.2) is 65.3 Å². The number of hydrogen-bond donors (Lipinski definition) is 0. The van der Waals surface area contributed by atoms with Gasteiger partial charge in [-0.25, -0.2) is 4.39 Å². The topological polar surface area (TPSA) is 28.6 Å². The van der Waals surface area contributed by atoms with E-state index in [1.807, 2.05) is 0 Å². The molecule has 0 bridgehead atoms. The Labute approximate surface area is 145 Å². The van der Waals surface area contributed by atoms with Crippen LogP contribution in [0.4, 0.5) is 4.39 Å². The van der Waals surface area contributed by atoms with Gasteiger partial charge < -0.3 is 9.64 Å². The van der Waals surface area contributed by atoms with E-state index in [0.29, 0.717) is 24.3 Å². The predicted octanol–water partition coefficient (Wildman–Crippen LogP) is 2.73. The fraction of sp³-hybridized carbons (Fsp3) is 0.737. The van der Waals surface area contributed by atoms with E-state index >= 15 is 0 Å². The Morgan fingerprint density at radius 3 is 2.79 bits per heavy atom. The molecule has 0 aliphatic carbocycles. The summed E-state index contributed by atoms with van der Waals surface area (Å²) in [7, 11) is 0. The molecule has 3 rings (SSSR count). The summed E-state index contributed by atoms with van der Waals surface area (Å²) in [4.78, 5) is 9.12. The summed E-state index contributed by atoms with van der Waals surface area (Å²) in [5.41, 5.74) is 0.584. The molecule has 1 aromatic heterocycles. The second-order valence-corrected chi connectivity index (χ2v) is 7.66. The molecule has 1 aromatic rings. The largest absolute Gasteiger partial charge is 0.369 e. The average Bonchev–Trinajstić information content (AvgIpc) is 2.55. The first-order chi connectivity index (χ1) is 11.5. The van der Waals surface area contributed by atoms with Gasteiger partial charge in [0.25, 0.3) is 0 Å². The Kier molecular flexibility index (Phi) is 5.52. The number of pyridine rings is 1. The highest BCUT2D eigenvalue weighted by Crippen LogP contribution is 2.33. The molecular weight excluding hydrogens is 305 g/mol. The van der Waals surface area contributed by atoms with E-state index in [4.69, 9.17) is 4.74 Å². The number of morpholine rings is 1. The van der Waals surface area contributed by atoms with Crippen molar-refractivity contribution in [2.45, 2.75) is 57.8 Å². The van der Waals surface area contributed by atoms with Crippen LogP contribution in [-0.2, 0) is 11.2 Å². The van der Waals surface area contributed by atoms with Crippen molar-refractivity contribution in [1.29, 1.82) is 0 Å². The van der Waals surface area contributed by atoms with Gasteiger partial charge in [0.15, 0.2) is 0 Å². The van der Waals surface area contributed by atoms with Crippen LogP contribution in [0.15, 0.2) is 18.3 Å². The minimum Gasteiger partial charge on any atom is -0.369 e. The van der Waals surface area contributed by atoms with Crippen LogP contribution in [0.1, 0.15) is 39.3 Å². The number of hydrogen-bond acceptors (Lipinski definition) is 4. The summed E-state index contributed by atoms with van der Waals surface area (Å²) in [6, 6.07) is 3.70. The second-order valence-electron chi connectivity index (χ2n) is 7.66. The maximum atomic E-state index is 13.7. The minimum absolute atomic E-state index is 0.00861. The molecule has 1 unspecified atom stereocenters. The first kappa shape index (κ1) is 17.8. The van der Waals surface area contributed by atoms with Gasteiger partial charge in [-0.15, -0.1) is 0 Å². The maximum Gasteiger partial charge on any atom is 0.144 e. The van der Waals surface area contributed by atoms with E-state index in [2.05, 4.69) is 35.6 Å². The molecule has 0 radical (unpaired) electrons. The fourth-order valence-electron chi connectivity index (χ4n) is 3.99. The van der Waals surface area contributed by atoms with Crippen LogP contribution in [0.25, 0.3) is 0 Å². The lowest BCUT2D eigenvalue weighted by Gasteiger charge is -2.50. The predicted molar refractivity (Wildman–Crippen MR) is 93.6 cm³/mol. The minimum atomic E-state index is -0.192. The Morgan fingerprint density at radius 1 is 1.38 bits per heavy atom. The Hall–Kier alpha value is -1.04. The standard InChI is InChI=1S/C19H30FN3O/c1-15(2)23-13-16(3)24-19(14-23)7-11-22(12-8-19)10-6-18-17(20)5-4-9-21-18/h4-5,9,15-16H,6-8,10-14H2,1-3H3. The van der Waals surface area contributed by atoms with E-state index in [9.17, 15) is 4.39 Å². The van der Waals surface area contributed by atoms with Crippen LogP contribution in [0.3, 0.4) is 0 Å². The number of aromatic nitrogens is 1.